The third kappa shape index (κ3) is 2.85. The number of aliphatic hydroxyl groups excluding tert-OH is 1. The van der Waals surface area contributed by atoms with Crippen molar-refractivity contribution in [1.29, 1.82) is 0 Å². The second-order valence-corrected chi connectivity index (χ2v) is 7.09. The molecule has 1 fully saturated rings. The Labute approximate surface area is 112 Å². The van der Waals surface area contributed by atoms with Crippen molar-refractivity contribution >= 4 is 21.6 Å². The van der Waals surface area contributed by atoms with Crippen LogP contribution >= 0.6 is 11.6 Å². The summed E-state index contributed by atoms with van der Waals surface area (Å²) >= 11 is 5.92. The summed E-state index contributed by atoms with van der Waals surface area (Å²) in [4.78, 5) is 0.174. The summed E-state index contributed by atoms with van der Waals surface area (Å²) in [5.74, 6) is 0.497. The highest BCUT2D eigenvalue weighted by atomic mass is 35.5. The monoisotopic (exact) mass is 289 g/mol. The highest BCUT2D eigenvalue weighted by molar-refractivity contribution is 7.89. The van der Waals surface area contributed by atoms with E-state index in [1.807, 2.05) is 0 Å². The largest absolute Gasteiger partial charge is 0.392 e. The summed E-state index contributed by atoms with van der Waals surface area (Å²) in [5, 5.41) is 9.28. The van der Waals surface area contributed by atoms with Crippen molar-refractivity contribution in [2.75, 3.05) is 13.6 Å². The summed E-state index contributed by atoms with van der Waals surface area (Å²) in [6.07, 6.45) is 2.20. The summed E-state index contributed by atoms with van der Waals surface area (Å²) in [5.41, 5.74) is 0.528. The molecule has 0 spiro atoms. The smallest absolute Gasteiger partial charge is 0.242 e. The molecule has 0 aliphatic heterocycles. The van der Waals surface area contributed by atoms with Crippen molar-refractivity contribution in [3.8, 4) is 0 Å². The van der Waals surface area contributed by atoms with Gasteiger partial charge in [0.2, 0.25) is 10.0 Å². The number of nitrogens with zero attached hydrogens (tertiary/aromatic N) is 1. The molecule has 0 bridgehead atoms. The maximum absolute atomic E-state index is 12.3. The van der Waals surface area contributed by atoms with Gasteiger partial charge in [-0.15, -0.1) is 0 Å². The van der Waals surface area contributed by atoms with Crippen LogP contribution in [0.5, 0.6) is 0 Å². The SMILES string of the molecule is CN(CC1CC1)S(=O)(=O)c1ccc(CO)c(Cl)c1. The number of hydrogen-bond donors (Lipinski definition) is 1. The van der Waals surface area contributed by atoms with Gasteiger partial charge in [0.25, 0.3) is 0 Å². The Morgan fingerprint density at radius 1 is 1.44 bits per heavy atom. The minimum atomic E-state index is -3.47. The van der Waals surface area contributed by atoms with E-state index in [1.54, 1.807) is 13.1 Å². The lowest BCUT2D eigenvalue weighted by Crippen LogP contribution is -2.28. The molecule has 1 saturated carbocycles. The van der Waals surface area contributed by atoms with Gasteiger partial charge in [0.05, 0.1) is 11.5 Å². The van der Waals surface area contributed by atoms with Gasteiger partial charge in [-0.25, -0.2) is 12.7 Å². The minimum Gasteiger partial charge on any atom is -0.392 e. The van der Waals surface area contributed by atoms with Crippen molar-refractivity contribution in [2.24, 2.45) is 5.92 Å². The molecule has 18 heavy (non-hydrogen) atoms. The molecular weight excluding hydrogens is 274 g/mol. The highest BCUT2D eigenvalue weighted by Gasteiger charge is 2.29. The van der Waals surface area contributed by atoms with Crippen molar-refractivity contribution in [2.45, 2.75) is 24.3 Å². The van der Waals surface area contributed by atoms with E-state index in [0.29, 0.717) is 18.0 Å². The van der Waals surface area contributed by atoms with Gasteiger partial charge in [0, 0.05) is 18.6 Å². The molecule has 0 radical (unpaired) electrons. The van der Waals surface area contributed by atoms with E-state index >= 15 is 0 Å². The molecule has 0 saturated heterocycles. The average molecular weight is 290 g/mol. The molecule has 1 aliphatic carbocycles. The molecule has 0 unspecified atom stereocenters. The third-order valence-electron chi connectivity index (χ3n) is 3.12. The average Bonchev–Trinajstić information content (AvgIpc) is 3.12. The van der Waals surface area contributed by atoms with E-state index in [2.05, 4.69) is 0 Å². The summed E-state index contributed by atoms with van der Waals surface area (Å²) in [7, 11) is -1.89. The molecule has 100 valence electrons. The van der Waals surface area contributed by atoms with Gasteiger partial charge in [-0.05, 0) is 36.5 Å². The Hall–Kier alpha value is -0.620. The first-order valence-electron chi connectivity index (χ1n) is 5.81. The zero-order valence-corrected chi connectivity index (χ0v) is 11.7. The van der Waals surface area contributed by atoms with Gasteiger partial charge in [-0.3, -0.25) is 0 Å². The van der Waals surface area contributed by atoms with E-state index in [1.165, 1.54) is 16.4 Å². The molecule has 0 heterocycles. The fourth-order valence-electron chi connectivity index (χ4n) is 1.76. The molecule has 0 amide bonds. The van der Waals surface area contributed by atoms with E-state index in [-0.39, 0.29) is 16.5 Å². The van der Waals surface area contributed by atoms with Crippen LogP contribution in [-0.4, -0.2) is 31.4 Å². The van der Waals surface area contributed by atoms with Crippen molar-refractivity contribution in [1.82, 2.24) is 4.31 Å². The van der Waals surface area contributed by atoms with Crippen molar-refractivity contribution < 1.29 is 13.5 Å². The molecule has 1 aromatic carbocycles. The highest BCUT2D eigenvalue weighted by Crippen LogP contribution is 2.31. The first-order valence-corrected chi connectivity index (χ1v) is 7.62. The Morgan fingerprint density at radius 2 is 2.11 bits per heavy atom. The van der Waals surface area contributed by atoms with Gasteiger partial charge >= 0.3 is 0 Å². The number of hydrogen-bond acceptors (Lipinski definition) is 3. The standard InChI is InChI=1S/C12H16ClNO3S/c1-14(7-9-2-3-9)18(16,17)11-5-4-10(8-15)12(13)6-11/h4-6,9,15H,2-3,7-8H2,1H3. The second-order valence-electron chi connectivity index (χ2n) is 4.64. The lowest BCUT2D eigenvalue weighted by atomic mass is 10.2. The lowest BCUT2D eigenvalue weighted by Gasteiger charge is -2.17. The topological polar surface area (TPSA) is 57.6 Å². The predicted octanol–water partition coefficient (Wildman–Crippen LogP) is 1.86. The molecule has 0 atom stereocenters. The van der Waals surface area contributed by atoms with Crippen LogP contribution in [0.3, 0.4) is 0 Å². The Kier molecular flexibility index (Phi) is 3.96. The van der Waals surface area contributed by atoms with Gasteiger partial charge in [0.15, 0.2) is 0 Å². The normalized spacial score (nSPS) is 16.2. The van der Waals surface area contributed by atoms with E-state index in [0.717, 1.165) is 12.8 Å². The van der Waals surface area contributed by atoms with Crippen molar-refractivity contribution in [3.63, 3.8) is 0 Å². The van der Waals surface area contributed by atoms with E-state index in [4.69, 9.17) is 16.7 Å². The van der Waals surface area contributed by atoms with Crippen LogP contribution in [0.1, 0.15) is 18.4 Å². The van der Waals surface area contributed by atoms with Crippen LogP contribution in [0.25, 0.3) is 0 Å². The Balaban J connectivity index is 2.25. The molecular formula is C12H16ClNO3S. The van der Waals surface area contributed by atoms with E-state index in [9.17, 15) is 8.42 Å². The van der Waals surface area contributed by atoms with Crippen LogP contribution in [0.15, 0.2) is 23.1 Å². The maximum Gasteiger partial charge on any atom is 0.242 e. The molecule has 1 N–H and O–H groups in total. The number of halogens is 1. The van der Waals surface area contributed by atoms with Crippen LogP contribution in [-0.2, 0) is 16.6 Å². The zero-order chi connectivity index (χ0) is 13.3. The molecule has 6 heteroatoms. The van der Waals surface area contributed by atoms with Gasteiger partial charge in [0.1, 0.15) is 0 Å². The predicted molar refractivity (Wildman–Crippen MR) is 69.9 cm³/mol. The summed E-state index contributed by atoms with van der Waals surface area (Å²) in [6.45, 7) is 0.360. The van der Waals surface area contributed by atoms with Gasteiger partial charge in [-0.2, -0.15) is 0 Å². The van der Waals surface area contributed by atoms with E-state index < -0.39 is 10.0 Å². The summed E-state index contributed by atoms with van der Waals surface area (Å²) < 4.78 is 25.9. The van der Waals surface area contributed by atoms with Crippen LogP contribution in [0.4, 0.5) is 0 Å². The third-order valence-corrected chi connectivity index (χ3v) is 5.29. The number of benzene rings is 1. The fraction of sp³-hybridized carbons (Fsp3) is 0.500. The van der Waals surface area contributed by atoms with Crippen molar-refractivity contribution in [3.05, 3.63) is 28.8 Å². The molecule has 1 aromatic rings. The Morgan fingerprint density at radius 3 is 2.61 bits per heavy atom. The number of aliphatic hydroxyl groups is 1. The molecule has 2 rings (SSSR count). The second kappa shape index (κ2) is 5.17. The fourth-order valence-corrected chi connectivity index (χ4v) is 3.34. The number of rotatable bonds is 5. The summed E-state index contributed by atoms with van der Waals surface area (Å²) in [6, 6.07) is 4.42. The maximum atomic E-state index is 12.3. The van der Waals surface area contributed by atoms with Gasteiger partial charge < -0.3 is 5.11 Å². The first-order chi connectivity index (χ1) is 8.45. The van der Waals surface area contributed by atoms with Gasteiger partial charge in [-0.1, -0.05) is 17.7 Å². The molecule has 4 nitrogen and oxygen atoms in total. The first kappa shape index (κ1) is 13.8. The van der Waals surface area contributed by atoms with Crippen LogP contribution in [0.2, 0.25) is 5.02 Å². The molecule has 0 aromatic heterocycles. The number of sulfonamides is 1. The van der Waals surface area contributed by atoms with Crippen LogP contribution < -0.4 is 0 Å². The zero-order valence-electron chi connectivity index (χ0n) is 10.1. The molecule has 1 aliphatic rings. The quantitative estimate of drug-likeness (QED) is 0.900. The lowest BCUT2D eigenvalue weighted by molar-refractivity contribution is 0.282. The van der Waals surface area contributed by atoms with Crippen LogP contribution in [0, 0.1) is 5.92 Å². The Bertz CT molecular complexity index is 540. The minimum absolute atomic E-state index is 0.174.